The summed E-state index contributed by atoms with van der Waals surface area (Å²) in [7, 11) is -3.59. The van der Waals surface area contributed by atoms with E-state index in [4.69, 9.17) is 0 Å². The number of sulfonamides is 1. The van der Waals surface area contributed by atoms with Gasteiger partial charge in [-0.3, -0.25) is 4.79 Å². The van der Waals surface area contributed by atoms with E-state index < -0.39 is 10.0 Å². The third-order valence-electron chi connectivity index (χ3n) is 5.82. The number of nitrogens with zero attached hydrogens (tertiary/aromatic N) is 2. The summed E-state index contributed by atoms with van der Waals surface area (Å²) in [6, 6.07) is 1.81. The maximum Gasteiger partial charge on any atom is 0.254 e. The molecule has 7 heteroatoms. The molecule has 2 aromatic rings. The van der Waals surface area contributed by atoms with E-state index in [1.54, 1.807) is 11.0 Å². The van der Waals surface area contributed by atoms with Crippen LogP contribution in [-0.2, 0) is 10.0 Å². The van der Waals surface area contributed by atoms with Crippen molar-refractivity contribution in [3.8, 4) is 0 Å². The van der Waals surface area contributed by atoms with Gasteiger partial charge < -0.3 is 4.90 Å². The van der Waals surface area contributed by atoms with E-state index in [-0.39, 0.29) is 5.91 Å². The molecule has 0 N–H and O–H groups in total. The van der Waals surface area contributed by atoms with Crippen molar-refractivity contribution in [1.29, 1.82) is 0 Å². The van der Waals surface area contributed by atoms with E-state index in [0.717, 1.165) is 27.8 Å². The number of piperazine rings is 1. The number of benzene rings is 1. The lowest BCUT2D eigenvalue weighted by atomic mass is 9.95. The molecule has 1 amide bonds. The third-order valence-corrected chi connectivity index (χ3v) is 8.68. The Morgan fingerprint density at radius 2 is 1.41 bits per heavy atom. The van der Waals surface area contributed by atoms with Crippen LogP contribution in [-0.4, -0.2) is 49.7 Å². The number of amides is 1. The number of carbonyl (C=O) groups excluding carboxylic acids is 1. The van der Waals surface area contributed by atoms with Crippen LogP contribution < -0.4 is 0 Å². The maximum absolute atomic E-state index is 13.4. The minimum Gasteiger partial charge on any atom is -0.336 e. The second kappa shape index (κ2) is 7.37. The summed E-state index contributed by atoms with van der Waals surface area (Å²) in [6.07, 6.45) is 0. The predicted molar refractivity (Wildman–Crippen MR) is 109 cm³/mol. The van der Waals surface area contributed by atoms with Crippen molar-refractivity contribution in [2.24, 2.45) is 0 Å². The van der Waals surface area contributed by atoms with Crippen LogP contribution in [0.15, 0.2) is 21.7 Å². The van der Waals surface area contributed by atoms with Crippen LogP contribution in [0.5, 0.6) is 0 Å². The van der Waals surface area contributed by atoms with Gasteiger partial charge in [-0.25, -0.2) is 8.42 Å². The first kappa shape index (κ1) is 20.0. The van der Waals surface area contributed by atoms with E-state index in [1.807, 2.05) is 45.4 Å². The molecule has 0 spiro atoms. The number of hydrogen-bond donors (Lipinski definition) is 0. The Hall–Kier alpha value is -1.70. The summed E-state index contributed by atoms with van der Waals surface area (Å²) in [6.45, 7) is 11.2. The Labute approximate surface area is 165 Å². The molecule has 0 aliphatic carbocycles. The van der Waals surface area contributed by atoms with Gasteiger partial charge in [-0.05, 0) is 73.9 Å². The van der Waals surface area contributed by atoms with E-state index in [0.29, 0.717) is 36.6 Å². The number of hydrogen-bond acceptors (Lipinski definition) is 4. The molecule has 5 nitrogen and oxygen atoms in total. The molecule has 0 atom stereocenters. The largest absolute Gasteiger partial charge is 0.336 e. The lowest BCUT2D eigenvalue weighted by Crippen LogP contribution is -2.50. The minimum atomic E-state index is -3.59. The molecule has 0 unspecified atom stereocenters. The fourth-order valence-corrected chi connectivity index (χ4v) is 6.29. The first-order chi connectivity index (χ1) is 12.7. The molecule has 27 heavy (non-hydrogen) atoms. The third kappa shape index (κ3) is 3.44. The first-order valence-corrected chi connectivity index (χ1v) is 11.4. The molecule has 0 radical (unpaired) electrons. The molecule has 146 valence electrons. The Morgan fingerprint density at radius 3 is 1.89 bits per heavy atom. The Kier molecular flexibility index (Phi) is 5.47. The van der Waals surface area contributed by atoms with Gasteiger partial charge in [0.2, 0.25) is 10.0 Å². The zero-order valence-electron chi connectivity index (χ0n) is 16.5. The van der Waals surface area contributed by atoms with Crippen molar-refractivity contribution < 1.29 is 13.2 Å². The van der Waals surface area contributed by atoms with Gasteiger partial charge in [0, 0.05) is 31.6 Å². The second-order valence-electron chi connectivity index (χ2n) is 7.16. The lowest BCUT2D eigenvalue weighted by Gasteiger charge is -2.35. The van der Waals surface area contributed by atoms with Gasteiger partial charge in [-0.1, -0.05) is 0 Å². The molecule has 0 saturated carbocycles. The summed E-state index contributed by atoms with van der Waals surface area (Å²) in [5.74, 6) is -0.0253. The zero-order chi connectivity index (χ0) is 19.9. The molecule has 0 bridgehead atoms. The maximum atomic E-state index is 13.4. The minimum absolute atomic E-state index is 0.0253. The van der Waals surface area contributed by atoms with Gasteiger partial charge in [0.1, 0.15) is 0 Å². The molecule has 3 rings (SSSR count). The van der Waals surface area contributed by atoms with Crippen LogP contribution in [0.25, 0.3) is 0 Å². The summed E-state index contributed by atoms with van der Waals surface area (Å²) < 4.78 is 28.3. The molecule has 1 saturated heterocycles. The topological polar surface area (TPSA) is 57.7 Å². The van der Waals surface area contributed by atoms with Crippen molar-refractivity contribution in [3.63, 3.8) is 0 Å². The molecule has 2 heterocycles. The zero-order valence-corrected chi connectivity index (χ0v) is 18.1. The van der Waals surface area contributed by atoms with Gasteiger partial charge in [-0.2, -0.15) is 15.6 Å². The van der Waals surface area contributed by atoms with Crippen molar-refractivity contribution in [3.05, 3.63) is 50.2 Å². The SMILES string of the molecule is Cc1c(C)c(C)c(S(=O)(=O)N2CCN(C(=O)c3ccsc3)CC2)c(C)c1C. The highest BCUT2D eigenvalue weighted by Gasteiger charge is 2.33. The Morgan fingerprint density at radius 1 is 0.889 bits per heavy atom. The molecular formula is C20H26N2O3S2. The van der Waals surface area contributed by atoms with Crippen LogP contribution >= 0.6 is 11.3 Å². The van der Waals surface area contributed by atoms with Crippen LogP contribution in [0.2, 0.25) is 0 Å². The highest BCUT2D eigenvalue weighted by Crippen LogP contribution is 2.32. The standard InChI is InChI=1S/C20H26N2O3S2/c1-13-14(2)16(4)19(17(5)15(13)3)27(24,25)22-9-7-21(8-10-22)20(23)18-6-11-26-12-18/h6,11-12H,7-10H2,1-5H3. The van der Waals surface area contributed by atoms with Crippen LogP contribution in [0.3, 0.4) is 0 Å². The summed E-state index contributed by atoms with van der Waals surface area (Å²) in [4.78, 5) is 14.7. The summed E-state index contributed by atoms with van der Waals surface area (Å²) in [5.41, 5.74) is 5.54. The average Bonchev–Trinajstić information content (AvgIpc) is 3.19. The van der Waals surface area contributed by atoms with E-state index in [9.17, 15) is 13.2 Å². The van der Waals surface area contributed by atoms with Gasteiger partial charge in [0.15, 0.2) is 0 Å². The fraction of sp³-hybridized carbons (Fsp3) is 0.450. The number of rotatable bonds is 3. The van der Waals surface area contributed by atoms with Gasteiger partial charge >= 0.3 is 0 Å². The molecule has 1 aliphatic heterocycles. The Bertz CT molecular complexity index is 942. The molecule has 1 aliphatic rings. The van der Waals surface area contributed by atoms with Crippen molar-refractivity contribution >= 4 is 27.3 Å². The van der Waals surface area contributed by atoms with Crippen molar-refractivity contribution in [1.82, 2.24) is 9.21 Å². The van der Waals surface area contributed by atoms with E-state index in [1.165, 1.54) is 15.6 Å². The van der Waals surface area contributed by atoms with Crippen molar-refractivity contribution in [2.45, 2.75) is 39.5 Å². The summed E-state index contributed by atoms with van der Waals surface area (Å²) >= 11 is 1.49. The number of thiophene rings is 1. The molecule has 1 fully saturated rings. The van der Waals surface area contributed by atoms with Crippen LogP contribution in [0, 0.1) is 34.6 Å². The highest BCUT2D eigenvalue weighted by molar-refractivity contribution is 7.89. The highest BCUT2D eigenvalue weighted by atomic mass is 32.2. The fourth-order valence-electron chi connectivity index (χ4n) is 3.68. The monoisotopic (exact) mass is 406 g/mol. The van der Waals surface area contributed by atoms with Crippen molar-refractivity contribution in [2.75, 3.05) is 26.2 Å². The average molecular weight is 407 g/mol. The van der Waals surface area contributed by atoms with Gasteiger partial charge in [0.05, 0.1) is 10.5 Å². The van der Waals surface area contributed by atoms with E-state index >= 15 is 0 Å². The molecule has 1 aromatic carbocycles. The summed E-state index contributed by atoms with van der Waals surface area (Å²) in [5, 5.41) is 3.71. The lowest BCUT2D eigenvalue weighted by molar-refractivity contribution is 0.0698. The van der Waals surface area contributed by atoms with E-state index in [2.05, 4.69) is 0 Å². The second-order valence-corrected chi connectivity index (χ2v) is 9.82. The molecule has 1 aromatic heterocycles. The molecular weight excluding hydrogens is 380 g/mol. The van der Waals surface area contributed by atoms with Gasteiger partial charge in [-0.15, -0.1) is 0 Å². The smallest absolute Gasteiger partial charge is 0.254 e. The van der Waals surface area contributed by atoms with Gasteiger partial charge in [0.25, 0.3) is 5.91 Å². The first-order valence-electron chi connectivity index (χ1n) is 9.04. The van der Waals surface area contributed by atoms with Crippen LogP contribution in [0.4, 0.5) is 0 Å². The van der Waals surface area contributed by atoms with Crippen LogP contribution in [0.1, 0.15) is 38.2 Å². The quantitative estimate of drug-likeness (QED) is 0.785. The normalized spacial score (nSPS) is 16.0. The number of carbonyl (C=O) groups is 1. The Balaban J connectivity index is 1.85. The predicted octanol–water partition coefficient (Wildman–Crippen LogP) is 3.44.